The van der Waals surface area contributed by atoms with Crippen molar-refractivity contribution in [2.75, 3.05) is 39.3 Å². The van der Waals surface area contributed by atoms with Crippen LogP contribution in [-0.2, 0) is 6.54 Å². The first-order valence-corrected chi connectivity index (χ1v) is 10.5. The van der Waals surface area contributed by atoms with Crippen molar-refractivity contribution >= 4 is 17.7 Å². The zero-order valence-corrected chi connectivity index (χ0v) is 17.0. The molecule has 0 amide bonds. The van der Waals surface area contributed by atoms with Crippen LogP contribution in [-0.4, -0.2) is 65.4 Å². The third-order valence-corrected chi connectivity index (χ3v) is 5.56. The lowest BCUT2D eigenvalue weighted by atomic mass is 10.3. The highest BCUT2D eigenvalue weighted by Crippen LogP contribution is 2.22. The number of rotatable bonds is 7. The van der Waals surface area contributed by atoms with Crippen LogP contribution in [0.25, 0.3) is 0 Å². The van der Waals surface area contributed by atoms with E-state index in [0.29, 0.717) is 5.25 Å². The van der Waals surface area contributed by atoms with Gasteiger partial charge in [0.2, 0.25) is 0 Å². The molecule has 0 spiro atoms. The summed E-state index contributed by atoms with van der Waals surface area (Å²) >= 11 is 1.88. The minimum absolute atomic E-state index is 0.439. The number of hydrogen-bond acceptors (Lipinski definition) is 5. The van der Waals surface area contributed by atoms with Crippen molar-refractivity contribution in [3.8, 4) is 0 Å². The molecule has 1 N–H and O–H groups in total. The van der Waals surface area contributed by atoms with Gasteiger partial charge in [-0.15, -0.1) is 11.8 Å². The molecule has 1 saturated heterocycles. The second-order valence-corrected chi connectivity index (χ2v) is 8.20. The molecule has 0 aliphatic carbocycles. The van der Waals surface area contributed by atoms with Crippen LogP contribution in [0.3, 0.4) is 0 Å². The van der Waals surface area contributed by atoms with Gasteiger partial charge in [0.15, 0.2) is 5.96 Å². The Morgan fingerprint density at radius 3 is 2.67 bits per heavy atom. The van der Waals surface area contributed by atoms with E-state index in [9.17, 15) is 0 Å². The van der Waals surface area contributed by atoms with Crippen LogP contribution in [0, 0.1) is 0 Å². The van der Waals surface area contributed by atoms with Crippen LogP contribution in [0.4, 0.5) is 0 Å². The monoisotopic (exact) mass is 387 g/mol. The summed E-state index contributed by atoms with van der Waals surface area (Å²) in [6.07, 6.45) is 1.64. The second kappa shape index (κ2) is 10.4. The van der Waals surface area contributed by atoms with Crippen molar-refractivity contribution in [1.82, 2.24) is 20.3 Å². The van der Waals surface area contributed by atoms with E-state index in [1.54, 1.807) is 6.26 Å². The SMILES string of the molecule is CCNC(=NCC(C)Sc1ccccc1)N1CCN(Cc2ccon2)CC1. The fourth-order valence-corrected chi connectivity index (χ4v) is 4.00. The van der Waals surface area contributed by atoms with E-state index in [1.807, 2.05) is 17.8 Å². The molecule has 27 heavy (non-hydrogen) atoms. The predicted octanol–water partition coefficient (Wildman–Crippen LogP) is 2.94. The average molecular weight is 388 g/mol. The quantitative estimate of drug-likeness (QED) is 0.448. The van der Waals surface area contributed by atoms with Crippen LogP contribution < -0.4 is 5.32 Å². The molecule has 3 rings (SSSR count). The van der Waals surface area contributed by atoms with Gasteiger partial charge in [0.25, 0.3) is 0 Å². The Labute approximate surface area is 166 Å². The van der Waals surface area contributed by atoms with Gasteiger partial charge in [0, 0.05) is 55.5 Å². The van der Waals surface area contributed by atoms with Gasteiger partial charge in [-0.3, -0.25) is 9.89 Å². The molecule has 1 aliphatic heterocycles. The van der Waals surface area contributed by atoms with Gasteiger partial charge in [-0.05, 0) is 19.1 Å². The van der Waals surface area contributed by atoms with Gasteiger partial charge in [-0.1, -0.05) is 30.3 Å². The number of aliphatic imine (C=N–C) groups is 1. The second-order valence-electron chi connectivity index (χ2n) is 6.69. The predicted molar refractivity (Wildman–Crippen MR) is 111 cm³/mol. The largest absolute Gasteiger partial charge is 0.364 e. The fourth-order valence-electron chi connectivity index (χ4n) is 3.08. The Morgan fingerprint density at radius 1 is 1.22 bits per heavy atom. The molecule has 1 atom stereocenters. The molecule has 0 saturated carbocycles. The third kappa shape index (κ3) is 6.29. The minimum Gasteiger partial charge on any atom is -0.364 e. The molecular formula is C20H29N5OS. The van der Waals surface area contributed by atoms with E-state index < -0.39 is 0 Å². The molecule has 1 aromatic heterocycles. The van der Waals surface area contributed by atoms with Gasteiger partial charge in [0.1, 0.15) is 6.26 Å². The number of hydrogen-bond donors (Lipinski definition) is 1. The number of nitrogens with zero attached hydrogens (tertiary/aromatic N) is 4. The van der Waals surface area contributed by atoms with Crippen molar-refractivity contribution in [3.63, 3.8) is 0 Å². The van der Waals surface area contributed by atoms with Crippen molar-refractivity contribution in [2.24, 2.45) is 4.99 Å². The third-order valence-electron chi connectivity index (χ3n) is 4.46. The summed E-state index contributed by atoms with van der Waals surface area (Å²) in [7, 11) is 0. The van der Waals surface area contributed by atoms with Gasteiger partial charge >= 0.3 is 0 Å². The smallest absolute Gasteiger partial charge is 0.194 e. The molecule has 2 aromatic rings. The van der Waals surface area contributed by atoms with E-state index in [-0.39, 0.29) is 0 Å². The maximum atomic E-state index is 4.93. The highest BCUT2D eigenvalue weighted by molar-refractivity contribution is 8.00. The van der Waals surface area contributed by atoms with E-state index in [4.69, 9.17) is 9.52 Å². The van der Waals surface area contributed by atoms with Crippen molar-refractivity contribution in [1.29, 1.82) is 0 Å². The highest BCUT2D eigenvalue weighted by Gasteiger charge is 2.20. The Kier molecular flexibility index (Phi) is 7.59. The Morgan fingerprint density at radius 2 is 2.00 bits per heavy atom. The van der Waals surface area contributed by atoms with Crippen LogP contribution in [0.2, 0.25) is 0 Å². The van der Waals surface area contributed by atoms with Gasteiger partial charge in [0.05, 0.1) is 12.2 Å². The first kappa shape index (κ1) is 19.8. The normalized spacial score (nSPS) is 17.1. The molecule has 1 unspecified atom stereocenters. The maximum Gasteiger partial charge on any atom is 0.194 e. The number of aromatic nitrogens is 1. The van der Waals surface area contributed by atoms with Crippen LogP contribution >= 0.6 is 11.8 Å². The Bertz CT molecular complexity index is 684. The van der Waals surface area contributed by atoms with Crippen molar-refractivity contribution in [3.05, 3.63) is 48.4 Å². The zero-order chi connectivity index (χ0) is 18.9. The molecule has 146 valence electrons. The van der Waals surface area contributed by atoms with E-state index in [0.717, 1.165) is 57.5 Å². The summed E-state index contributed by atoms with van der Waals surface area (Å²) in [5.41, 5.74) is 0.996. The molecule has 1 aromatic carbocycles. The van der Waals surface area contributed by atoms with Crippen molar-refractivity contribution in [2.45, 2.75) is 30.5 Å². The first-order chi connectivity index (χ1) is 13.2. The molecule has 1 fully saturated rings. The number of benzene rings is 1. The summed E-state index contributed by atoms with van der Waals surface area (Å²) in [5, 5.41) is 7.90. The lowest BCUT2D eigenvalue weighted by molar-refractivity contribution is 0.169. The summed E-state index contributed by atoms with van der Waals surface area (Å²) < 4.78 is 4.93. The van der Waals surface area contributed by atoms with Crippen LogP contribution in [0.1, 0.15) is 19.5 Å². The molecule has 2 heterocycles. The summed E-state index contributed by atoms with van der Waals surface area (Å²) in [4.78, 5) is 11.0. The molecule has 0 radical (unpaired) electrons. The maximum absolute atomic E-state index is 4.93. The van der Waals surface area contributed by atoms with E-state index >= 15 is 0 Å². The molecule has 7 heteroatoms. The number of guanidine groups is 1. The standard InChI is InChI=1S/C20H29N5OS/c1-3-21-20(22-15-17(2)27-19-7-5-4-6-8-19)25-12-10-24(11-13-25)16-18-9-14-26-23-18/h4-9,14,17H,3,10-13,15-16H2,1-2H3,(H,21,22). The highest BCUT2D eigenvalue weighted by atomic mass is 32.2. The minimum atomic E-state index is 0.439. The van der Waals surface area contributed by atoms with E-state index in [1.165, 1.54) is 4.90 Å². The molecular weight excluding hydrogens is 358 g/mol. The molecule has 1 aliphatic rings. The first-order valence-electron chi connectivity index (χ1n) is 9.61. The summed E-state index contributed by atoms with van der Waals surface area (Å²) in [6, 6.07) is 12.5. The topological polar surface area (TPSA) is 56.9 Å². The number of nitrogens with one attached hydrogen (secondary N) is 1. The van der Waals surface area contributed by atoms with Crippen LogP contribution in [0.5, 0.6) is 0 Å². The summed E-state index contributed by atoms with van der Waals surface area (Å²) in [6.45, 7) is 10.9. The van der Waals surface area contributed by atoms with Gasteiger partial charge < -0.3 is 14.7 Å². The van der Waals surface area contributed by atoms with Crippen molar-refractivity contribution < 1.29 is 4.52 Å². The van der Waals surface area contributed by atoms with Gasteiger partial charge in [-0.2, -0.15) is 0 Å². The average Bonchev–Trinajstić information content (AvgIpc) is 3.20. The Balaban J connectivity index is 1.50. The van der Waals surface area contributed by atoms with Gasteiger partial charge in [-0.25, -0.2) is 0 Å². The molecule has 6 nitrogen and oxygen atoms in total. The summed E-state index contributed by atoms with van der Waals surface area (Å²) in [5.74, 6) is 1.03. The fraction of sp³-hybridized carbons (Fsp3) is 0.500. The Hall–Kier alpha value is -1.99. The lowest BCUT2D eigenvalue weighted by Gasteiger charge is -2.36. The zero-order valence-electron chi connectivity index (χ0n) is 16.2. The number of thioether (sulfide) groups is 1. The van der Waals surface area contributed by atoms with E-state index in [2.05, 4.69) is 64.5 Å². The lowest BCUT2D eigenvalue weighted by Crippen LogP contribution is -2.52. The molecule has 0 bridgehead atoms. The van der Waals surface area contributed by atoms with Crippen LogP contribution in [0.15, 0.2) is 57.1 Å². The number of piperazine rings is 1.